The Labute approximate surface area is 141 Å². The lowest BCUT2D eigenvalue weighted by atomic mass is 10.0. The van der Waals surface area contributed by atoms with Gasteiger partial charge in [-0.05, 0) is 25.3 Å². The zero-order valence-corrected chi connectivity index (χ0v) is 13.3. The van der Waals surface area contributed by atoms with Gasteiger partial charge in [-0.25, -0.2) is 0 Å². The first-order chi connectivity index (χ1) is 11.9. The second-order valence-corrected chi connectivity index (χ2v) is 5.84. The van der Waals surface area contributed by atoms with Gasteiger partial charge < -0.3 is 9.88 Å². The molecule has 9 heteroatoms. The van der Waals surface area contributed by atoms with Crippen molar-refractivity contribution in [1.82, 2.24) is 19.7 Å². The highest BCUT2D eigenvalue weighted by Crippen LogP contribution is 2.33. The van der Waals surface area contributed by atoms with Gasteiger partial charge in [0.15, 0.2) is 5.69 Å². The van der Waals surface area contributed by atoms with E-state index in [1.807, 2.05) is 0 Å². The molecule has 6 nitrogen and oxygen atoms in total. The summed E-state index contributed by atoms with van der Waals surface area (Å²) in [5, 5.41) is 6.19. The number of aryl methyl sites for hydroxylation is 2. The van der Waals surface area contributed by atoms with Gasteiger partial charge in [0.2, 0.25) is 5.56 Å². The van der Waals surface area contributed by atoms with Crippen LogP contribution in [0, 0.1) is 0 Å². The fourth-order valence-electron chi connectivity index (χ4n) is 2.95. The van der Waals surface area contributed by atoms with Crippen molar-refractivity contribution in [2.75, 3.05) is 6.54 Å². The zero-order valence-electron chi connectivity index (χ0n) is 13.3. The molecular weight excluding hydrogens is 337 g/mol. The summed E-state index contributed by atoms with van der Waals surface area (Å²) in [5.74, 6) is -0.525. The Balaban J connectivity index is 1.72. The van der Waals surface area contributed by atoms with Gasteiger partial charge in [-0.15, -0.1) is 0 Å². The molecular formula is C16H17F3N4O2. The number of halogens is 3. The number of fused-ring (bicyclic) bond motifs is 1. The fraction of sp³-hybridized carbons (Fsp3) is 0.438. The normalized spacial score (nSPS) is 14.3. The Hall–Kier alpha value is -2.58. The number of unbranched alkanes of at least 4 members (excludes halogenated alkanes) is 1. The zero-order chi connectivity index (χ0) is 18.0. The number of alkyl halides is 3. The number of hydrogen-bond acceptors (Lipinski definition) is 3. The molecule has 0 saturated heterocycles. The van der Waals surface area contributed by atoms with Gasteiger partial charge >= 0.3 is 6.18 Å². The average molecular weight is 354 g/mol. The average Bonchev–Trinajstić information content (AvgIpc) is 2.93. The molecule has 1 aliphatic heterocycles. The van der Waals surface area contributed by atoms with Crippen LogP contribution in [0.5, 0.6) is 0 Å². The Bertz CT molecular complexity index is 839. The first-order valence-corrected chi connectivity index (χ1v) is 7.98. The number of hydrogen-bond donors (Lipinski definition) is 1. The van der Waals surface area contributed by atoms with Gasteiger partial charge in [0.1, 0.15) is 5.69 Å². The van der Waals surface area contributed by atoms with Crippen LogP contribution in [0.4, 0.5) is 13.2 Å². The van der Waals surface area contributed by atoms with E-state index < -0.39 is 17.8 Å². The van der Waals surface area contributed by atoms with E-state index in [4.69, 9.17) is 0 Å². The Morgan fingerprint density at radius 2 is 1.92 bits per heavy atom. The van der Waals surface area contributed by atoms with Gasteiger partial charge in [0, 0.05) is 37.5 Å². The lowest BCUT2D eigenvalue weighted by Gasteiger charge is -2.15. The molecule has 0 unspecified atom stereocenters. The van der Waals surface area contributed by atoms with E-state index in [0.29, 0.717) is 19.4 Å². The van der Waals surface area contributed by atoms with E-state index in [2.05, 4.69) is 10.4 Å². The van der Waals surface area contributed by atoms with Crippen LogP contribution in [0.15, 0.2) is 29.2 Å². The smallest absolute Gasteiger partial charge is 0.350 e. The van der Waals surface area contributed by atoms with Crippen LogP contribution in [0.2, 0.25) is 0 Å². The monoisotopic (exact) mass is 354 g/mol. The molecule has 0 aromatic carbocycles. The summed E-state index contributed by atoms with van der Waals surface area (Å²) in [6.07, 6.45) is -1.71. The summed E-state index contributed by atoms with van der Waals surface area (Å²) in [6, 6.07) is 4.83. The predicted molar refractivity (Wildman–Crippen MR) is 83.2 cm³/mol. The highest BCUT2D eigenvalue weighted by molar-refractivity contribution is 5.95. The molecule has 134 valence electrons. The van der Waals surface area contributed by atoms with Crippen molar-refractivity contribution >= 4 is 5.91 Å². The van der Waals surface area contributed by atoms with Crippen molar-refractivity contribution in [3.05, 3.63) is 51.7 Å². The largest absolute Gasteiger partial charge is 0.435 e. The molecule has 0 saturated carbocycles. The Morgan fingerprint density at radius 3 is 2.64 bits per heavy atom. The molecule has 1 N–H and O–H groups in total. The van der Waals surface area contributed by atoms with Crippen LogP contribution in [-0.4, -0.2) is 26.8 Å². The maximum absolute atomic E-state index is 13.1. The molecule has 0 aliphatic carbocycles. The first-order valence-electron chi connectivity index (χ1n) is 7.98. The lowest BCUT2D eigenvalue weighted by molar-refractivity contribution is -0.142. The number of nitrogens with zero attached hydrogens (tertiary/aromatic N) is 3. The highest BCUT2D eigenvalue weighted by atomic mass is 19.4. The molecule has 1 amide bonds. The fourth-order valence-corrected chi connectivity index (χ4v) is 2.95. The minimum absolute atomic E-state index is 0.00421. The Morgan fingerprint density at radius 1 is 1.16 bits per heavy atom. The summed E-state index contributed by atoms with van der Waals surface area (Å²) in [4.78, 5) is 23.6. The predicted octanol–water partition coefficient (Wildman–Crippen LogP) is 1.83. The van der Waals surface area contributed by atoms with Crippen LogP contribution in [-0.2, 0) is 25.7 Å². The number of carbonyl (C=O) groups is 1. The Kier molecular flexibility index (Phi) is 4.65. The van der Waals surface area contributed by atoms with E-state index in [1.54, 1.807) is 18.3 Å². The topological polar surface area (TPSA) is 68.9 Å². The molecule has 0 fully saturated rings. The van der Waals surface area contributed by atoms with E-state index in [-0.39, 0.29) is 36.3 Å². The molecule has 3 heterocycles. The second kappa shape index (κ2) is 6.73. The van der Waals surface area contributed by atoms with Crippen LogP contribution >= 0.6 is 0 Å². The summed E-state index contributed by atoms with van der Waals surface area (Å²) >= 11 is 0. The van der Waals surface area contributed by atoms with Gasteiger partial charge in [-0.2, -0.15) is 18.3 Å². The van der Waals surface area contributed by atoms with Crippen LogP contribution in [0.3, 0.4) is 0 Å². The molecule has 25 heavy (non-hydrogen) atoms. The summed E-state index contributed by atoms with van der Waals surface area (Å²) in [7, 11) is 0. The number of amides is 1. The number of pyridine rings is 1. The van der Waals surface area contributed by atoms with E-state index in [9.17, 15) is 22.8 Å². The molecule has 0 bridgehead atoms. The summed E-state index contributed by atoms with van der Waals surface area (Å²) < 4.78 is 42.0. The SMILES string of the molecule is O=C1NCCc2c(C(F)(F)F)nn(CCCCn3ccccc3=O)c21. The molecule has 2 aromatic rings. The van der Waals surface area contributed by atoms with Crippen molar-refractivity contribution in [2.24, 2.45) is 0 Å². The molecule has 0 atom stereocenters. The molecule has 3 rings (SSSR count). The summed E-state index contributed by atoms with van der Waals surface area (Å²) in [5.41, 5.74) is -1.14. The lowest BCUT2D eigenvalue weighted by Crippen LogP contribution is -2.34. The number of rotatable bonds is 5. The van der Waals surface area contributed by atoms with Crippen LogP contribution < -0.4 is 10.9 Å². The molecule has 0 radical (unpaired) electrons. The van der Waals surface area contributed by atoms with Gasteiger partial charge in [0.05, 0.1) is 0 Å². The van der Waals surface area contributed by atoms with Gasteiger partial charge in [-0.3, -0.25) is 14.3 Å². The molecule has 2 aromatic heterocycles. The highest BCUT2D eigenvalue weighted by Gasteiger charge is 2.41. The van der Waals surface area contributed by atoms with E-state index in [0.717, 1.165) is 4.68 Å². The van der Waals surface area contributed by atoms with Gasteiger partial charge in [-0.1, -0.05) is 6.07 Å². The van der Waals surface area contributed by atoms with E-state index in [1.165, 1.54) is 10.6 Å². The van der Waals surface area contributed by atoms with Crippen molar-refractivity contribution in [3.8, 4) is 0 Å². The van der Waals surface area contributed by atoms with Crippen molar-refractivity contribution in [2.45, 2.75) is 38.5 Å². The quantitative estimate of drug-likeness (QED) is 0.833. The third kappa shape index (κ3) is 3.59. The van der Waals surface area contributed by atoms with Crippen LogP contribution in [0.1, 0.15) is 34.6 Å². The molecule has 1 aliphatic rings. The number of nitrogens with one attached hydrogen (secondary N) is 1. The summed E-state index contributed by atoms with van der Waals surface area (Å²) in [6.45, 7) is 0.826. The third-order valence-corrected chi connectivity index (χ3v) is 4.11. The number of aromatic nitrogens is 3. The van der Waals surface area contributed by atoms with Gasteiger partial charge in [0.25, 0.3) is 5.91 Å². The first kappa shape index (κ1) is 17.2. The van der Waals surface area contributed by atoms with E-state index >= 15 is 0 Å². The van der Waals surface area contributed by atoms with Crippen LogP contribution in [0.25, 0.3) is 0 Å². The van der Waals surface area contributed by atoms with Crippen molar-refractivity contribution in [3.63, 3.8) is 0 Å². The third-order valence-electron chi connectivity index (χ3n) is 4.11. The maximum Gasteiger partial charge on any atom is 0.435 e. The molecule has 0 spiro atoms. The standard InChI is InChI=1S/C16H17F3N4O2/c17-16(18,19)14-11-6-7-20-15(25)13(11)23(21-14)10-4-3-9-22-8-2-1-5-12(22)24/h1-2,5,8H,3-4,6-7,9-10H2,(H,20,25). The maximum atomic E-state index is 13.1. The second-order valence-electron chi connectivity index (χ2n) is 5.84. The number of carbonyl (C=O) groups excluding carboxylic acids is 1. The van der Waals surface area contributed by atoms with Crippen molar-refractivity contribution in [1.29, 1.82) is 0 Å². The van der Waals surface area contributed by atoms with Crippen molar-refractivity contribution < 1.29 is 18.0 Å². The minimum atomic E-state index is -4.58. The minimum Gasteiger partial charge on any atom is -0.350 e.